The summed E-state index contributed by atoms with van der Waals surface area (Å²) in [5.74, 6) is 0.754. The van der Waals surface area contributed by atoms with Gasteiger partial charge in [-0.05, 0) is 6.92 Å². The number of nitrogens with zero attached hydrogens (tertiary/aromatic N) is 4. The number of hydrogen-bond donors (Lipinski definition) is 1. The standard InChI is InChI=1S/C11H14N4OS/c1-8-10(17-7-13-8)5-15(2)11-4-12-3-9(6-16)14-11/h3-4,7,16H,5-6H2,1-2H3. The van der Waals surface area contributed by atoms with Gasteiger partial charge in [0.05, 0.1) is 42.4 Å². The van der Waals surface area contributed by atoms with Crippen LogP contribution in [-0.2, 0) is 13.2 Å². The van der Waals surface area contributed by atoms with Gasteiger partial charge in [-0.3, -0.25) is 4.98 Å². The van der Waals surface area contributed by atoms with Gasteiger partial charge in [0.15, 0.2) is 0 Å². The molecule has 0 amide bonds. The molecule has 0 fully saturated rings. The van der Waals surface area contributed by atoms with Crippen molar-refractivity contribution in [1.29, 1.82) is 0 Å². The Morgan fingerprint density at radius 3 is 2.88 bits per heavy atom. The summed E-state index contributed by atoms with van der Waals surface area (Å²) in [4.78, 5) is 15.8. The van der Waals surface area contributed by atoms with Gasteiger partial charge in [0.25, 0.3) is 0 Å². The van der Waals surface area contributed by atoms with E-state index in [1.165, 1.54) is 4.88 Å². The Bertz CT molecular complexity index is 500. The lowest BCUT2D eigenvalue weighted by Gasteiger charge is -2.17. The van der Waals surface area contributed by atoms with Crippen molar-refractivity contribution in [2.45, 2.75) is 20.1 Å². The van der Waals surface area contributed by atoms with Crippen LogP contribution < -0.4 is 4.90 Å². The van der Waals surface area contributed by atoms with E-state index in [9.17, 15) is 0 Å². The van der Waals surface area contributed by atoms with Crippen LogP contribution in [0.4, 0.5) is 5.82 Å². The molecule has 2 aromatic heterocycles. The number of aryl methyl sites for hydroxylation is 1. The Kier molecular flexibility index (Phi) is 3.65. The largest absolute Gasteiger partial charge is 0.390 e. The van der Waals surface area contributed by atoms with E-state index < -0.39 is 0 Å². The van der Waals surface area contributed by atoms with E-state index in [1.54, 1.807) is 23.7 Å². The van der Waals surface area contributed by atoms with Crippen molar-refractivity contribution < 1.29 is 5.11 Å². The zero-order valence-electron chi connectivity index (χ0n) is 9.79. The van der Waals surface area contributed by atoms with Gasteiger partial charge in [-0.15, -0.1) is 11.3 Å². The number of aliphatic hydroxyl groups is 1. The third-order valence-corrected chi connectivity index (χ3v) is 3.37. The Hall–Kier alpha value is -1.53. The Labute approximate surface area is 104 Å². The van der Waals surface area contributed by atoms with Gasteiger partial charge >= 0.3 is 0 Å². The van der Waals surface area contributed by atoms with Crippen LogP contribution in [0.25, 0.3) is 0 Å². The quantitative estimate of drug-likeness (QED) is 0.888. The van der Waals surface area contributed by atoms with E-state index in [0.29, 0.717) is 5.69 Å². The topological polar surface area (TPSA) is 62.1 Å². The number of anilines is 1. The molecule has 0 aliphatic rings. The van der Waals surface area contributed by atoms with Crippen molar-refractivity contribution in [2.24, 2.45) is 0 Å². The highest BCUT2D eigenvalue weighted by molar-refractivity contribution is 7.09. The minimum absolute atomic E-state index is 0.0890. The smallest absolute Gasteiger partial charge is 0.147 e. The SMILES string of the molecule is Cc1ncsc1CN(C)c1cncc(CO)n1. The number of aliphatic hydroxyl groups excluding tert-OH is 1. The van der Waals surface area contributed by atoms with Gasteiger partial charge in [-0.2, -0.15) is 0 Å². The second-order valence-electron chi connectivity index (χ2n) is 3.74. The molecular weight excluding hydrogens is 236 g/mol. The molecule has 0 saturated heterocycles. The highest BCUT2D eigenvalue weighted by atomic mass is 32.1. The normalized spacial score (nSPS) is 10.5. The monoisotopic (exact) mass is 250 g/mol. The molecule has 5 nitrogen and oxygen atoms in total. The summed E-state index contributed by atoms with van der Waals surface area (Å²) >= 11 is 1.63. The lowest BCUT2D eigenvalue weighted by atomic mass is 10.3. The number of thiazole rings is 1. The fourth-order valence-electron chi connectivity index (χ4n) is 1.43. The van der Waals surface area contributed by atoms with Crippen molar-refractivity contribution in [3.63, 3.8) is 0 Å². The van der Waals surface area contributed by atoms with Crippen LogP contribution in [0.2, 0.25) is 0 Å². The van der Waals surface area contributed by atoms with Gasteiger partial charge in [0.2, 0.25) is 0 Å². The van der Waals surface area contributed by atoms with Crippen LogP contribution in [0.5, 0.6) is 0 Å². The predicted molar refractivity (Wildman–Crippen MR) is 66.9 cm³/mol. The molecule has 0 atom stereocenters. The number of rotatable bonds is 4. The maximum Gasteiger partial charge on any atom is 0.147 e. The molecule has 0 unspecified atom stereocenters. The van der Waals surface area contributed by atoms with Crippen LogP contribution >= 0.6 is 11.3 Å². The first-order valence-corrected chi connectivity index (χ1v) is 6.10. The lowest BCUT2D eigenvalue weighted by Crippen LogP contribution is -2.18. The molecule has 2 rings (SSSR count). The number of aromatic nitrogens is 3. The molecule has 0 radical (unpaired) electrons. The molecule has 0 aliphatic heterocycles. The van der Waals surface area contributed by atoms with Crippen molar-refractivity contribution in [3.8, 4) is 0 Å². The maximum absolute atomic E-state index is 9.02. The second kappa shape index (κ2) is 5.20. The van der Waals surface area contributed by atoms with E-state index in [0.717, 1.165) is 18.1 Å². The summed E-state index contributed by atoms with van der Waals surface area (Å²) < 4.78 is 0. The Balaban J connectivity index is 2.14. The van der Waals surface area contributed by atoms with E-state index in [-0.39, 0.29) is 6.61 Å². The van der Waals surface area contributed by atoms with E-state index >= 15 is 0 Å². The first-order valence-electron chi connectivity index (χ1n) is 5.22. The van der Waals surface area contributed by atoms with Crippen molar-refractivity contribution in [2.75, 3.05) is 11.9 Å². The zero-order chi connectivity index (χ0) is 12.3. The van der Waals surface area contributed by atoms with Gasteiger partial charge in [0.1, 0.15) is 5.82 Å². The summed E-state index contributed by atoms with van der Waals surface area (Å²) in [6, 6.07) is 0. The molecule has 0 bridgehead atoms. The van der Waals surface area contributed by atoms with Crippen LogP contribution in [-0.4, -0.2) is 27.1 Å². The summed E-state index contributed by atoms with van der Waals surface area (Å²) in [7, 11) is 1.95. The van der Waals surface area contributed by atoms with Crippen LogP contribution in [0.15, 0.2) is 17.9 Å². The average Bonchev–Trinajstić information content (AvgIpc) is 2.75. The van der Waals surface area contributed by atoms with E-state index in [4.69, 9.17) is 5.11 Å². The lowest BCUT2D eigenvalue weighted by molar-refractivity contribution is 0.276. The molecule has 0 saturated carbocycles. The summed E-state index contributed by atoms with van der Waals surface area (Å²) in [6.45, 7) is 2.66. The first kappa shape index (κ1) is 11.9. The van der Waals surface area contributed by atoms with Crippen molar-refractivity contribution in [1.82, 2.24) is 15.0 Å². The van der Waals surface area contributed by atoms with Gasteiger partial charge in [-0.25, -0.2) is 9.97 Å². The average molecular weight is 250 g/mol. The van der Waals surface area contributed by atoms with E-state index in [1.807, 2.05) is 24.4 Å². The molecule has 6 heteroatoms. The van der Waals surface area contributed by atoms with Crippen LogP contribution in [0, 0.1) is 6.92 Å². The van der Waals surface area contributed by atoms with Crippen LogP contribution in [0.1, 0.15) is 16.3 Å². The van der Waals surface area contributed by atoms with Gasteiger partial charge in [-0.1, -0.05) is 0 Å². The minimum Gasteiger partial charge on any atom is -0.390 e. The van der Waals surface area contributed by atoms with Crippen molar-refractivity contribution in [3.05, 3.63) is 34.2 Å². The maximum atomic E-state index is 9.02. The first-order chi connectivity index (χ1) is 8.20. The molecule has 0 spiro atoms. The molecule has 2 aromatic rings. The molecule has 0 aromatic carbocycles. The fourth-order valence-corrected chi connectivity index (χ4v) is 2.26. The number of hydrogen-bond acceptors (Lipinski definition) is 6. The molecule has 1 N–H and O–H groups in total. The second-order valence-corrected chi connectivity index (χ2v) is 4.68. The highest BCUT2D eigenvalue weighted by Gasteiger charge is 2.08. The molecule has 90 valence electrons. The van der Waals surface area contributed by atoms with Crippen LogP contribution in [0.3, 0.4) is 0 Å². The molecule has 17 heavy (non-hydrogen) atoms. The Morgan fingerprint density at radius 1 is 1.41 bits per heavy atom. The fraction of sp³-hybridized carbons (Fsp3) is 0.364. The third-order valence-electron chi connectivity index (χ3n) is 2.45. The highest BCUT2D eigenvalue weighted by Crippen LogP contribution is 2.17. The predicted octanol–water partition coefficient (Wildman–Crippen LogP) is 1.37. The minimum atomic E-state index is -0.0890. The summed E-state index contributed by atoms with van der Waals surface area (Å²) in [6.07, 6.45) is 3.25. The molecular formula is C11H14N4OS. The summed E-state index contributed by atoms with van der Waals surface area (Å²) in [5.41, 5.74) is 3.47. The Morgan fingerprint density at radius 2 is 2.24 bits per heavy atom. The summed E-state index contributed by atoms with van der Waals surface area (Å²) in [5, 5.41) is 9.02. The zero-order valence-corrected chi connectivity index (χ0v) is 10.6. The van der Waals surface area contributed by atoms with E-state index in [2.05, 4.69) is 15.0 Å². The third kappa shape index (κ3) is 2.78. The molecule has 0 aliphatic carbocycles. The molecule has 2 heterocycles. The van der Waals surface area contributed by atoms with Crippen molar-refractivity contribution >= 4 is 17.2 Å². The van der Waals surface area contributed by atoms with Gasteiger partial charge < -0.3 is 10.0 Å². The van der Waals surface area contributed by atoms with Gasteiger partial charge in [0, 0.05) is 11.9 Å².